The largest absolute Gasteiger partial charge is 0.315 e. The van der Waals surface area contributed by atoms with Crippen LogP contribution in [0.5, 0.6) is 0 Å². The maximum absolute atomic E-state index is 12.4. The van der Waals surface area contributed by atoms with Crippen molar-refractivity contribution in [3.8, 4) is 0 Å². The van der Waals surface area contributed by atoms with Gasteiger partial charge in [0.1, 0.15) is 4.90 Å². The number of likely N-dealkylation sites (N-methyl/N-ethyl adjacent to an activating group) is 1. The van der Waals surface area contributed by atoms with E-state index in [1.54, 1.807) is 19.2 Å². The Morgan fingerprint density at radius 2 is 2.11 bits per heavy atom. The molecule has 2 rings (SSSR count). The number of sulfonamides is 1. The Labute approximate surface area is 117 Å². The van der Waals surface area contributed by atoms with Gasteiger partial charge in [-0.05, 0) is 25.1 Å². The van der Waals surface area contributed by atoms with E-state index < -0.39 is 10.0 Å². The van der Waals surface area contributed by atoms with Crippen LogP contribution in [0.1, 0.15) is 6.42 Å². The smallest absolute Gasteiger partial charge is 0.244 e. The van der Waals surface area contributed by atoms with Crippen LogP contribution in [0.15, 0.2) is 23.1 Å². The van der Waals surface area contributed by atoms with Crippen molar-refractivity contribution in [1.82, 2.24) is 9.62 Å². The Balaban J connectivity index is 2.38. The molecular weight excluding hydrogens is 295 g/mol. The molecule has 100 valence electrons. The van der Waals surface area contributed by atoms with Gasteiger partial charge in [-0.25, -0.2) is 8.42 Å². The Morgan fingerprint density at radius 1 is 1.39 bits per heavy atom. The number of benzene rings is 1. The minimum absolute atomic E-state index is 0.0370. The van der Waals surface area contributed by atoms with Crippen LogP contribution in [0.25, 0.3) is 0 Å². The molecule has 1 fully saturated rings. The van der Waals surface area contributed by atoms with E-state index >= 15 is 0 Å². The summed E-state index contributed by atoms with van der Waals surface area (Å²) in [5, 5.41) is 3.46. The first-order valence-electron chi connectivity index (χ1n) is 5.57. The monoisotopic (exact) mass is 308 g/mol. The molecule has 0 amide bonds. The zero-order valence-corrected chi connectivity index (χ0v) is 12.2. The van der Waals surface area contributed by atoms with Crippen LogP contribution in [0.4, 0.5) is 0 Å². The average molecular weight is 309 g/mol. The highest BCUT2D eigenvalue weighted by Gasteiger charge is 2.31. The minimum atomic E-state index is -3.60. The van der Waals surface area contributed by atoms with E-state index in [9.17, 15) is 8.42 Å². The SMILES string of the molecule is CN(C1CCNC1)S(=O)(=O)c1cccc(Cl)c1Cl. The lowest BCUT2D eigenvalue weighted by Gasteiger charge is -2.23. The normalized spacial score (nSPS) is 20.6. The maximum Gasteiger partial charge on any atom is 0.244 e. The highest BCUT2D eigenvalue weighted by molar-refractivity contribution is 7.89. The molecule has 18 heavy (non-hydrogen) atoms. The molecule has 0 saturated carbocycles. The summed E-state index contributed by atoms with van der Waals surface area (Å²) in [5.74, 6) is 0. The van der Waals surface area contributed by atoms with Crippen molar-refractivity contribution in [3.05, 3.63) is 28.2 Å². The molecule has 1 heterocycles. The lowest BCUT2D eigenvalue weighted by molar-refractivity contribution is 0.388. The van der Waals surface area contributed by atoms with Crippen LogP contribution in [-0.2, 0) is 10.0 Å². The Hall–Kier alpha value is -0.330. The number of rotatable bonds is 3. The van der Waals surface area contributed by atoms with Crippen molar-refractivity contribution in [3.63, 3.8) is 0 Å². The molecule has 1 atom stereocenters. The number of hydrogen-bond acceptors (Lipinski definition) is 3. The summed E-state index contributed by atoms with van der Waals surface area (Å²) in [6.07, 6.45) is 0.800. The first-order chi connectivity index (χ1) is 8.44. The molecule has 1 aliphatic rings. The second-order valence-corrected chi connectivity index (χ2v) is 6.97. The molecule has 0 aliphatic carbocycles. The van der Waals surface area contributed by atoms with Gasteiger partial charge in [0, 0.05) is 19.6 Å². The molecule has 7 heteroatoms. The molecule has 1 aromatic carbocycles. The van der Waals surface area contributed by atoms with E-state index in [2.05, 4.69) is 5.32 Å². The number of halogens is 2. The van der Waals surface area contributed by atoms with Crippen molar-refractivity contribution in [2.75, 3.05) is 20.1 Å². The summed E-state index contributed by atoms with van der Waals surface area (Å²) in [4.78, 5) is 0.0612. The van der Waals surface area contributed by atoms with Crippen molar-refractivity contribution >= 4 is 33.2 Å². The summed E-state index contributed by atoms with van der Waals surface area (Å²) >= 11 is 11.8. The van der Waals surface area contributed by atoms with Crippen LogP contribution in [0.2, 0.25) is 10.0 Å². The average Bonchev–Trinajstić information content (AvgIpc) is 2.85. The molecule has 1 N–H and O–H groups in total. The van der Waals surface area contributed by atoms with Gasteiger partial charge < -0.3 is 5.32 Å². The van der Waals surface area contributed by atoms with E-state index in [0.717, 1.165) is 13.0 Å². The fourth-order valence-electron chi connectivity index (χ4n) is 1.98. The van der Waals surface area contributed by atoms with E-state index in [-0.39, 0.29) is 21.0 Å². The van der Waals surface area contributed by atoms with Crippen LogP contribution in [-0.4, -0.2) is 38.9 Å². The highest BCUT2D eigenvalue weighted by Crippen LogP contribution is 2.31. The lowest BCUT2D eigenvalue weighted by Crippen LogP contribution is -2.38. The van der Waals surface area contributed by atoms with Gasteiger partial charge in [-0.1, -0.05) is 29.3 Å². The maximum atomic E-state index is 12.4. The Bertz CT molecular complexity index is 542. The van der Waals surface area contributed by atoms with E-state index in [4.69, 9.17) is 23.2 Å². The number of nitrogens with one attached hydrogen (secondary N) is 1. The summed E-state index contributed by atoms with van der Waals surface area (Å²) in [6, 6.07) is 4.59. The first-order valence-corrected chi connectivity index (χ1v) is 7.77. The standard InChI is InChI=1S/C11H14Cl2N2O2S/c1-15(8-5-6-14-7-8)18(16,17)10-4-2-3-9(12)11(10)13/h2-4,8,14H,5-7H2,1H3. The molecule has 1 aliphatic heterocycles. The second kappa shape index (κ2) is 5.35. The van der Waals surface area contributed by atoms with Gasteiger partial charge >= 0.3 is 0 Å². The van der Waals surface area contributed by atoms with Crippen molar-refractivity contribution in [2.24, 2.45) is 0 Å². The zero-order chi connectivity index (χ0) is 13.3. The van der Waals surface area contributed by atoms with Crippen LogP contribution in [0, 0.1) is 0 Å². The third-order valence-electron chi connectivity index (χ3n) is 3.12. The Morgan fingerprint density at radius 3 is 2.72 bits per heavy atom. The van der Waals surface area contributed by atoms with E-state index in [1.165, 1.54) is 10.4 Å². The predicted octanol–water partition coefficient (Wildman–Crippen LogP) is 1.98. The molecule has 4 nitrogen and oxygen atoms in total. The van der Waals surface area contributed by atoms with Gasteiger partial charge in [-0.15, -0.1) is 0 Å². The first kappa shape index (κ1) is 14.1. The quantitative estimate of drug-likeness (QED) is 0.929. The molecule has 1 saturated heterocycles. The third kappa shape index (κ3) is 2.51. The van der Waals surface area contributed by atoms with Crippen molar-refractivity contribution in [2.45, 2.75) is 17.4 Å². The van der Waals surface area contributed by atoms with Crippen LogP contribution >= 0.6 is 23.2 Å². The van der Waals surface area contributed by atoms with Crippen molar-refractivity contribution < 1.29 is 8.42 Å². The second-order valence-electron chi connectivity index (χ2n) is 4.22. The lowest BCUT2D eigenvalue weighted by atomic mass is 10.3. The fraction of sp³-hybridized carbons (Fsp3) is 0.455. The van der Waals surface area contributed by atoms with Gasteiger partial charge in [-0.3, -0.25) is 0 Å². The number of nitrogens with zero attached hydrogens (tertiary/aromatic N) is 1. The summed E-state index contributed by atoms with van der Waals surface area (Å²) in [7, 11) is -2.02. The molecule has 0 aromatic heterocycles. The Kier molecular flexibility index (Phi) is 4.18. The molecule has 0 bridgehead atoms. The minimum Gasteiger partial charge on any atom is -0.315 e. The molecule has 1 aromatic rings. The molecular formula is C11H14Cl2N2O2S. The summed E-state index contributed by atoms with van der Waals surface area (Å²) in [6.45, 7) is 1.49. The summed E-state index contributed by atoms with van der Waals surface area (Å²) < 4.78 is 26.3. The third-order valence-corrected chi connectivity index (χ3v) is 6.01. The predicted molar refractivity (Wildman–Crippen MR) is 72.7 cm³/mol. The van der Waals surface area contributed by atoms with Gasteiger partial charge in [0.05, 0.1) is 10.0 Å². The fourth-order valence-corrected chi connectivity index (χ4v) is 4.10. The highest BCUT2D eigenvalue weighted by atomic mass is 35.5. The van der Waals surface area contributed by atoms with E-state index in [0.29, 0.717) is 6.54 Å². The van der Waals surface area contributed by atoms with Gasteiger partial charge in [0.15, 0.2) is 0 Å². The van der Waals surface area contributed by atoms with Crippen LogP contribution in [0.3, 0.4) is 0 Å². The van der Waals surface area contributed by atoms with Gasteiger partial charge in [-0.2, -0.15) is 4.31 Å². The van der Waals surface area contributed by atoms with Gasteiger partial charge in [0.25, 0.3) is 0 Å². The molecule has 1 unspecified atom stereocenters. The topological polar surface area (TPSA) is 49.4 Å². The summed E-state index contributed by atoms with van der Waals surface area (Å²) in [5.41, 5.74) is 0. The zero-order valence-electron chi connectivity index (χ0n) is 9.86. The van der Waals surface area contributed by atoms with Crippen molar-refractivity contribution in [1.29, 1.82) is 0 Å². The number of hydrogen-bond donors (Lipinski definition) is 1. The molecule has 0 radical (unpaired) electrons. The van der Waals surface area contributed by atoms with Gasteiger partial charge in [0.2, 0.25) is 10.0 Å². The molecule has 0 spiro atoms. The van der Waals surface area contributed by atoms with Crippen LogP contribution < -0.4 is 5.32 Å². The van der Waals surface area contributed by atoms with E-state index in [1.807, 2.05) is 0 Å².